The second kappa shape index (κ2) is 9.19. The number of anilines is 1. The molecule has 1 aliphatic rings. The number of nitriles is 1. The molecular formula is C24H23N3O3. The number of carbonyl (C=O) groups excluding carboxylic acids is 1. The van der Waals surface area contributed by atoms with E-state index in [4.69, 9.17) is 14.4 Å². The summed E-state index contributed by atoms with van der Waals surface area (Å²) in [5, 5.41) is 12.4. The van der Waals surface area contributed by atoms with Gasteiger partial charge in [-0.15, -0.1) is 0 Å². The van der Waals surface area contributed by atoms with E-state index in [-0.39, 0.29) is 12.5 Å². The summed E-state index contributed by atoms with van der Waals surface area (Å²) >= 11 is 0. The van der Waals surface area contributed by atoms with Crippen molar-refractivity contribution in [3.8, 4) is 11.8 Å². The van der Waals surface area contributed by atoms with Crippen LogP contribution in [0, 0.1) is 11.3 Å². The Hall–Kier alpha value is -3.72. The maximum Gasteiger partial charge on any atom is 0.289 e. The smallest absolute Gasteiger partial charge is 0.289 e. The van der Waals surface area contributed by atoms with Gasteiger partial charge >= 0.3 is 0 Å². The zero-order valence-corrected chi connectivity index (χ0v) is 16.6. The minimum absolute atomic E-state index is 0.0854. The minimum Gasteiger partial charge on any atom is -0.486 e. The second-order valence-electron chi connectivity index (χ2n) is 7.27. The number of rotatable bonds is 6. The van der Waals surface area contributed by atoms with Gasteiger partial charge in [0.15, 0.2) is 5.76 Å². The Morgan fingerprint density at radius 2 is 1.80 bits per heavy atom. The monoisotopic (exact) mass is 401 g/mol. The van der Waals surface area contributed by atoms with Crippen molar-refractivity contribution in [1.82, 2.24) is 4.90 Å². The number of hydrogen-bond acceptors (Lipinski definition) is 5. The summed E-state index contributed by atoms with van der Waals surface area (Å²) in [6.07, 6.45) is 1.80. The van der Waals surface area contributed by atoms with Crippen LogP contribution in [0.4, 0.5) is 5.69 Å². The van der Waals surface area contributed by atoms with Crippen LogP contribution in [0.1, 0.15) is 34.7 Å². The molecule has 1 fully saturated rings. The topological polar surface area (TPSA) is 78.5 Å². The Kier molecular flexibility index (Phi) is 6.00. The van der Waals surface area contributed by atoms with Crippen molar-refractivity contribution < 1.29 is 13.9 Å². The molecule has 152 valence electrons. The molecule has 0 radical (unpaired) electrons. The number of nitrogens with zero attached hydrogens (tertiary/aromatic N) is 2. The molecule has 0 bridgehead atoms. The highest BCUT2D eigenvalue weighted by molar-refractivity contribution is 5.91. The fourth-order valence-corrected chi connectivity index (χ4v) is 3.50. The molecule has 0 spiro atoms. The van der Waals surface area contributed by atoms with Crippen LogP contribution in [0.15, 0.2) is 71.1 Å². The molecule has 0 unspecified atom stereocenters. The van der Waals surface area contributed by atoms with E-state index >= 15 is 0 Å². The first-order valence-electron chi connectivity index (χ1n) is 10.0. The molecule has 1 amide bonds. The third-order valence-electron chi connectivity index (χ3n) is 5.16. The van der Waals surface area contributed by atoms with Crippen molar-refractivity contribution in [2.75, 3.05) is 18.4 Å². The number of carbonyl (C=O) groups is 1. The van der Waals surface area contributed by atoms with Gasteiger partial charge in [0, 0.05) is 24.8 Å². The Morgan fingerprint density at radius 3 is 2.50 bits per heavy atom. The zero-order valence-electron chi connectivity index (χ0n) is 16.6. The summed E-state index contributed by atoms with van der Waals surface area (Å²) in [7, 11) is 0. The van der Waals surface area contributed by atoms with Gasteiger partial charge in [0.2, 0.25) is 0 Å². The third kappa shape index (κ3) is 4.81. The Labute approximate surface area is 175 Å². The van der Waals surface area contributed by atoms with E-state index in [1.165, 1.54) is 0 Å². The molecule has 1 aromatic heterocycles. The van der Waals surface area contributed by atoms with Gasteiger partial charge in [0.25, 0.3) is 5.91 Å². The first kappa shape index (κ1) is 19.6. The first-order chi connectivity index (χ1) is 14.7. The van der Waals surface area contributed by atoms with Gasteiger partial charge in [-0.2, -0.15) is 5.26 Å². The van der Waals surface area contributed by atoms with Crippen LogP contribution in [-0.2, 0) is 6.61 Å². The fourth-order valence-electron chi connectivity index (χ4n) is 3.50. The van der Waals surface area contributed by atoms with Crippen LogP contribution in [0.5, 0.6) is 5.75 Å². The fraction of sp³-hybridized carbons (Fsp3) is 0.250. The number of hydrogen-bond donors (Lipinski definition) is 1. The van der Waals surface area contributed by atoms with Crippen molar-refractivity contribution in [2.24, 2.45) is 0 Å². The first-order valence-corrected chi connectivity index (χ1v) is 10.0. The average molecular weight is 401 g/mol. The number of ether oxygens (including phenoxy) is 1. The molecule has 3 aromatic rings. The van der Waals surface area contributed by atoms with E-state index < -0.39 is 0 Å². The quantitative estimate of drug-likeness (QED) is 0.660. The lowest BCUT2D eigenvalue weighted by Gasteiger charge is -2.32. The molecule has 1 aliphatic heterocycles. The van der Waals surface area contributed by atoms with Crippen LogP contribution >= 0.6 is 0 Å². The predicted molar refractivity (Wildman–Crippen MR) is 113 cm³/mol. The van der Waals surface area contributed by atoms with Crippen LogP contribution in [0.2, 0.25) is 0 Å². The summed E-state index contributed by atoms with van der Waals surface area (Å²) in [6, 6.07) is 22.9. The lowest BCUT2D eigenvalue weighted by Crippen LogP contribution is -2.42. The highest BCUT2D eigenvalue weighted by atomic mass is 16.5. The number of nitrogens with one attached hydrogen (secondary N) is 1. The maximum absolute atomic E-state index is 12.8. The largest absolute Gasteiger partial charge is 0.486 e. The standard InChI is InChI=1S/C24H23N3O3/c25-16-18-6-8-21(9-7-18)29-17-22-10-11-23(30-22)24(28)27-14-12-20(13-15-27)26-19-4-2-1-3-5-19/h1-11,20,26H,12-15,17H2. The molecule has 0 atom stereocenters. The predicted octanol–water partition coefficient (Wildman–Crippen LogP) is 4.45. The third-order valence-corrected chi connectivity index (χ3v) is 5.16. The second-order valence-corrected chi connectivity index (χ2v) is 7.27. The summed E-state index contributed by atoms with van der Waals surface area (Å²) in [4.78, 5) is 14.6. The van der Waals surface area contributed by atoms with Gasteiger partial charge in [-0.25, -0.2) is 0 Å². The number of likely N-dealkylation sites (tertiary alicyclic amines) is 1. The molecule has 0 aliphatic carbocycles. The van der Waals surface area contributed by atoms with E-state index in [2.05, 4.69) is 23.5 Å². The van der Waals surface area contributed by atoms with Crippen LogP contribution in [0.3, 0.4) is 0 Å². The Balaban J connectivity index is 1.27. The summed E-state index contributed by atoms with van der Waals surface area (Å²) in [6.45, 7) is 1.62. The zero-order chi connectivity index (χ0) is 20.8. The molecule has 2 aromatic carbocycles. The van der Waals surface area contributed by atoms with E-state index in [1.54, 1.807) is 36.4 Å². The van der Waals surface area contributed by atoms with Crippen molar-refractivity contribution in [3.05, 3.63) is 83.8 Å². The number of furan rings is 1. The summed E-state index contributed by atoms with van der Waals surface area (Å²) in [5.41, 5.74) is 1.69. The van der Waals surface area contributed by atoms with Crippen molar-refractivity contribution in [2.45, 2.75) is 25.5 Å². The molecule has 1 N–H and O–H groups in total. The number of benzene rings is 2. The Morgan fingerprint density at radius 1 is 1.07 bits per heavy atom. The molecule has 6 heteroatoms. The summed E-state index contributed by atoms with van der Waals surface area (Å²) in [5.74, 6) is 1.48. The van der Waals surface area contributed by atoms with Gasteiger partial charge in [-0.1, -0.05) is 18.2 Å². The van der Waals surface area contributed by atoms with Crippen molar-refractivity contribution >= 4 is 11.6 Å². The number of amides is 1. The van der Waals surface area contributed by atoms with Crippen LogP contribution < -0.4 is 10.1 Å². The average Bonchev–Trinajstić information content (AvgIpc) is 3.28. The van der Waals surface area contributed by atoms with E-state index in [1.807, 2.05) is 23.1 Å². The molecular weight excluding hydrogens is 378 g/mol. The van der Waals surface area contributed by atoms with Gasteiger partial charge in [0.05, 0.1) is 11.6 Å². The van der Waals surface area contributed by atoms with Crippen molar-refractivity contribution in [1.29, 1.82) is 5.26 Å². The van der Waals surface area contributed by atoms with Gasteiger partial charge < -0.3 is 19.4 Å². The van der Waals surface area contributed by atoms with Crippen LogP contribution in [0.25, 0.3) is 0 Å². The minimum atomic E-state index is -0.0854. The molecule has 6 nitrogen and oxygen atoms in total. The lowest BCUT2D eigenvalue weighted by molar-refractivity contribution is 0.0682. The normalized spacial score (nSPS) is 14.2. The van der Waals surface area contributed by atoms with E-state index in [9.17, 15) is 4.79 Å². The molecule has 2 heterocycles. The molecule has 0 saturated carbocycles. The van der Waals surface area contributed by atoms with Crippen molar-refractivity contribution in [3.63, 3.8) is 0 Å². The van der Waals surface area contributed by atoms with E-state index in [0.717, 1.165) is 18.5 Å². The Bertz CT molecular complexity index is 1010. The molecule has 30 heavy (non-hydrogen) atoms. The summed E-state index contributed by atoms with van der Waals surface area (Å²) < 4.78 is 11.4. The lowest BCUT2D eigenvalue weighted by atomic mass is 10.0. The highest BCUT2D eigenvalue weighted by Gasteiger charge is 2.25. The SMILES string of the molecule is N#Cc1ccc(OCc2ccc(C(=O)N3CCC(Nc4ccccc4)CC3)o2)cc1. The number of piperidine rings is 1. The van der Waals surface area contributed by atoms with E-state index in [0.29, 0.717) is 42.0 Å². The number of para-hydroxylation sites is 1. The van der Waals surface area contributed by atoms with Gasteiger partial charge in [-0.05, 0) is 61.4 Å². The maximum atomic E-state index is 12.8. The highest BCUT2D eigenvalue weighted by Crippen LogP contribution is 2.20. The molecule has 1 saturated heterocycles. The van der Waals surface area contributed by atoms with Crippen LogP contribution in [-0.4, -0.2) is 29.9 Å². The van der Waals surface area contributed by atoms with Gasteiger partial charge in [0.1, 0.15) is 18.1 Å². The van der Waals surface area contributed by atoms with Gasteiger partial charge in [-0.3, -0.25) is 4.79 Å². The molecule has 4 rings (SSSR count).